The van der Waals surface area contributed by atoms with Crippen LogP contribution in [0.15, 0.2) is 12.1 Å². The zero-order valence-corrected chi connectivity index (χ0v) is 9.87. The molecule has 0 spiro atoms. The molecule has 2 nitrogen and oxygen atoms in total. The van der Waals surface area contributed by atoms with Gasteiger partial charge in [-0.3, -0.25) is 4.90 Å². The number of hydrogen-bond acceptors (Lipinski definition) is 3. The van der Waals surface area contributed by atoms with E-state index in [1.165, 1.54) is 4.88 Å². The van der Waals surface area contributed by atoms with Crippen LogP contribution in [-0.4, -0.2) is 31.1 Å². The molecule has 1 atom stereocenters. The van der Waals surface area contributed by atoms with E-state index >= 15 is 0 Å². The molecule has 0 aromatic carbocycles. The Kier molecular flexibility index (Phi) is 3.44. The van der Waals surface area contributed by atoms with Crippen LogP contribution in [0.1, 0.15) is 17.8 Å². The summed E-state index contributed by atoms with van der Waals surface area (Å²) in [5.74, 6) is 0. The summed E-state index contributed by atoms with van der Waals surface area (Å²) in [4.78, 5) is 3.88. The summed E-state index contributed by atoms with van der Waals surface area (Å²) in [6.45, 7) is 6.61. The van der Waals surface area contributed by atoms with Crippen LogP contribution in [0.25, 0.3) is 0 Å². The molecule has 1 aliphatic heterocycles. The Morgan fingerprint density at radius 1 is 1.64 bits per heavy atom. The van der Waals surface area contributed by atoms with E-state index in [9.17, 15) is 0 Å². The minimum Gasteiger partial charge on any atom is -0.314 e. The van der Waals surface area contributed by atoms with E-state index in [0.717, 1.165) is 30.5 Å². The second-order valence-corrected chi connectivity index (χ2v) is 5.24. The lowest BCUT2D eigenvalue weighted by Gasteiger charge is -2.34. The maximum atomic E-state index is 5.95. The fourth-order valence-corrected chi connectivity index (χ4v) is 3.11. The van der Waals surface area contributed by atoms with Crippen molar-refractivity contribution in [2.45, 2.75) is 13.0 Å². The quantitative estimate of drug-likeness (QED) is 0.839. The SMILES string of the molecule is CCN1CCNCC1c1ccc(Cl)s1. The Labute approximate surface area is 93.9 Å². The van der Waals surface area contributed by atoms with Crippen molar-refractivity contribution in [2.75, 3.05) is 26.2 Å². The normalized spacial score (nSPS) is 24.0. The standard InChI is InChI=1S/C10H15ClN2S/c1-2-13-6-5-12-7-8(13)9-3-4-10(11)14-9/h3-4,8,12H,2,5-7H2,1H3. The highest BCUT2D eigenvalue weighted by Gasteiger charge is 2.23. The molecule has 1 aromatic rings. The van der Waals surface area contributed by atoms with Crippen LogP contribution in [0.4, 0.5) is 0 Å². The first-order valence-electron chi connectivity index (χ1n) is 5.01. The molecule has 1 N–H and O–H groups in total. The van der Waals surface area contributed by atoms with Gasteiger partial charge in [-0.25, -0.2) is 0 Å². The smallest absolute Gasteiger partial charge is 0.0931 e. The van der Waals surface area contributed by atoms with Gasteiger partial charge in [0, 0.05) is 24.5 Å². The molecule has 1 unspecified atom stereocenters. The summed E-state index contributed by atoms with van der Waals surface area (Å²) in [5.41, 5.74) is 0. The average molecular weight is 231 g/mol. The van der Waals surface area contributed by atoms with Crippen molar-refractivity contribution < 1.29 is 0 Å². The van der Waals surface area contributed by atoms with Crippen molar-refractivity contribution in [3.63, 3.8) is 0 Å². The van der Waals surface area contributed by atoms with E-state index in [0.29, 0.717) is 6.04 Å². The molecule has 0 saturated carbocycles. The number of hydrogen-bond donors (Lipinski definition) is 1. The lowest BCUT2D eigenvalue weighted by atomic mass is 10.1. The van der Waals surface area contributed by atoms with Gasteiger partial charge in [-0.05, 0) is 18.7 Å². The van der Waals surface area contributed by atoms with Crippen molar-refractivity contribution in [3.8, 4) is 0 Å². The zero-order valence-electron chi connectivity index (χ0n) is 8.29. The molecule has 78 valence electrons. The number of halogens is 1. The average Bonchev–Trinajstić information content (AvgIpc) is 2.65. The van der Waals surface area contributed by atoms with Crippen LogP contribution < -0.4 is 5.32 Å². The fourth-order valence-electron chi connectivity index (χ4n) is 1.91. The summed E-state index contributed by atoms with van der Waals surface area (Å²) < 4.78 is 0.890. The number of nitrogens with zero attached hydrogens (tertiary/aromatic N) is 1. The molecule has 2 heterocycles. The van der Waals surface area contributed by atoms with Crippen LogP contribution in [0.2, 0.25) is 4.34 Å². The van der Waals surface area contributed by atoms with E-state index in [2.05, 4.69) is 23.2 Å². The van der Waals surface area contributed by atoms with Crippen LogP contribution in [0.5, 0.6) is 0 Å². The highest BCUT2D eigenvalue weighted by molar-refractivity contribution is 7.16. The first-order valence-corrected chi connectivity index (χ1v) is 6.20. The molecule has 0 aliphatic carbocycles. The minimum atomic E-state index is 0.520. The molecule has 2 rings (SSSR count). The van der Waals surface area contributed by atoms with Gasteiger partial charge < -0.3 is 5.32 Å². The van der Waals surface area contributed by atoms with Gasteiger partial charge in [0.25, 0.3) is 0 Å². The first-order chi connectivity index (χ1) is 6.81. The molecular weight excluding hydrogens is 216 g/mol. The van der Waals surface area contributed by atoms with E-state index < -0.39 is 0 Å². The maximum Gasteiger partial charge on any atom is 0.0931 e. The third-order valence-electron chi connectivity index (χ3n) is 2.68. The highest BCUT2D eigenvalue weighted by Crippen LogP contribution is 2.30. The monoisotopic (exact) mass is 230 g/mol. The third kappa shape index (κ3) is 2.11. The van der Waals surface area contributed by atoms with E-state index in [-0.39, 0.29) is 0 Å². The molecule has 1 saturated heterocycles. The second kappa shape index (κ2) is 4.62. The lowest BCUT2D eigenvalue weighted by Crippen LogP contribution is -2.45. The minimum absolute atomic E-state index is 0.520. The Morgan fingerprint density at radius 2 is 2.50 bits per heavy atom. The van der Waals surface area contributed by atoms with Gasteiger partial charge in [0.15, 0.2) is 0 Å². The largest absolute Gasteiger partial charge is 0.314 e. The molecule has 0 radical (unpaired) electrons. The molecule has 14 heavy (non-hydrogen) atoms. The zero-order chi connectivity index (χ0) is 9.97. The topological polar surface area (TPSA) is 15.3 Å². The van der Waals surface area contributed by atoms with Crippen LogP contribution >= 0.6 is 22.9 Å². The number of likely N-dealkylation sites (N-methyl/N-ethyl adjacent to an activating group) is 1. The summed E-state index contributed by atoms with van der Waals surface area (Å²) in [6.07, 6.45) is 0. The number of nitrogens with one attached hydrogen (secondary N) is 1. The molecular formula is C10H15ClN2S. The molecule has 4 heteroatoms. The molecule has 0 bridgehead atoms. The van der Waals surface area contributed by atoms with E-state index in [1.54, 1.807) is 11.3 Å². The van der Waals surface area contributed by atoms with Crippen molar-refractivity contribution in [1.29, 1.82) is 0 Å². The maximum absolute atomic E-state index is 5.95. The van der Waals surface area contributed by atoms with Crippen molar-refractivity contribution in [1.82, 2.24) is 10.2 Å². The van der Waals surface area contributed by atoms with Gasteiger partial charge in [-0.15, -0.1) is 11.3 Å². The van der Waals surface area contributed by atoms with Gasteiger partial charge in [-0.2, -0.15) is 0 Å². The summed E-state index contributed by atoms with van der Waals surface area (Å²) in [6, 6.07) is 4.66. The van der Waals surface area contributed by atoms with Crippen molar-refractivity contribution in [3.05, 3.63) is 21.3 Å². The van der Waals surface area contributed by atoms with Crippen LogP contribution in [0.3, 0.4) is 0 Å². The Balaban J connectivity index is 2.14. The van der Waals surface area contributed by atoms with E-state index in [4.69, 9.17) is 11.6 Å². The first kappa shape index (κ1) is 10.4. The van der Waals surface area contributed by atoms with Crippen LogP contribution in [0, 0.1) is 0 Å². The molecule has 1 fully saturated rings. The van der Waals surface area contributed by atoms with Crippen LogP contribution in [-0.2, 0) is 0 Å². The number of piperazine rings is 1. The predicted molar refractivity (Wildman–Crippen MR) is 62.2 cm³/mol. The Bertz CT molecular complexity index is 300. The Morgan fingerprint density at radius 3 is 3.14 bits per heavy atom. The second-order valence-electron chi connectivity index (χ2n) is 3.49. The van der Waals surface area contributed by atoms with Crippen molar-refractivity contribution in [2.24, 2.45) is 0 Å². The molecule has 0 amide bonds. The summed E-state index contributed by atoms with van der Waals surface area (Å²) >= 11 is 7.65. The number of thiophene rings is 1. The van der Waals surface area contributed by atoms with Gasteiger partial charge in [-0.1, -0.05) is 18.5 Å². The summed E-state index contributed by atoms with van der Waals surface area (Å²) in [5, 5.41) is 3.43. The van der Waals surface area contributed by atoms with Gasteiger partial charge in [0.1, 0.15) is 0 Å². The van der Waals surface area contributed by atoms with Gasteiger partial charge in [0.05, 0.1) is 10.4 Å². The van der Waals surface area contributed by atoms with E-state index in [1.807, 2.05) is 6.07 Å². The molecule has 1 aliphatic rings. The molecule has 1 aromatic heterocycles. The Hall–Kier alpha value is -0.0900. The predicted octanol–water partition coefficient (Wildman–Crippen LogP) is 2.37. The van der Waals surface area contributed by atoms with Gasteiger partial charge >= 0.3 is 0 Å². The number of rotatable bonds is 2. The van der Waals surface area contributed by atoms with Crippen molar-refractivity contribution >= 4 is 22.9 Å². The fraction of sp³-hybridized carbons (Fsp3) is 0.600. The summed E-state index contributed by atoms with van der Waals surface area (Å²) in [7, 11) is 0. The van der Waals surface area contributed by atoms with Gasteiger partial charge in [0.2, 0.25) is 0 Å². The third-order valence-corrected chi connectivity index (χ3v) is 4.02. The highest BCUT2D eigenvalue weighted by atomic mass is 35.5. The lowest BCUT2D eigenvalue weighted by molar-refractivity contribution is 0.173.